The van der Waals surface area contributed by atoms with Gasteiger partial charge in [0.2, 0.25) is 5.91 Å². The molecule has 0 unspecified atom stereocenters. The molecule has 7 heteroatoms. The molecule has 22 heavy (non-hydrogen) atoms. The molecular weight excluding hydrogens is 343 g/mol. The van der Waals surface area contributed by atoms with E-state index < -0.39 is 0 Å². The molecule has 2 rings (SSSR count). The number of carbonyl (C=O) groups is 2. The Balaban J connectivity index is 1.70. The smallest absolute Gasteiger partial charge is 0.261 e. The van der Waals surface area contributed by atoms with Crippen LogP contribution in [0.4, 0.5) is 0 Å². The van der Waals surface area contributed by atoms with Gasteiger partial charge in [0.25, 0.3) is 5.91 Å². The van der Waals surface area contributed by atoms with Crippen LogP contribution in [0.15, 0.2) is 35.7 Å². The van der Waals surface area contributed by atoms with Crippen LogP contribution in [0, 0.1) is 0 Å². The van der Waals surface area contributed by atoms with Crippen LogP contribution in [-0.4, -0.2) is 24.9 Å². The molecule has 1 heterocycles. The minimum absolute atomic E-state index is 0.0505. The molecule has 0 atom stereocenters. The highest BCUT2D eigenvalue weighted by atomic mass is 35.5. The van der Waals surface area contributed by atoms with Gasteiger partial charge in [-0.25, -0.2) is 0 Å². The number of nitrogens with one attached hydrogen (secondary N) is 2. The van der Waals surface area contributed by atoms with Gasteiger partial charge in [-0.2, -0.15) is 0 Å². The highest BCUT2D eigenvalue weighted by Gasteiger charge is 2.08. The summed E-state index contributed by atoms with van der Waals surface area (Å²) in [5.41, 5.74) is 0.911. The minimum atomic E-state index is -0.245. The predicted molar refractivity (Wildman–Crippen MR) is 89.8 cm³/mol. The van der Waals surface area contributed by atoms with Gasteiger partial charge in [0, 0.05) is 16.6 Å². The third kappa shape index (κ3) is 5.02. The molecule has 2 aromatic rings. The van der Waals surface area contributed by atoms with Crippen molar-refractivity contribution in [2.75, 3.05) is 13.1 Å². The molecule has 0 aliphatic heterocycles. The van der Waals surface area contributed by atoms with E-state index in [9.17, 15) is 9.59 Å². The van der Waals surface area contributed by atoms with Gasteiger partial charge in [-0.1, -0.05) is 35.3 Å². The van der Waals surface area contributed by atoms with E-state index in [0.717, 1.165) is 5.56 Å². The van der Waals surface area contributed by atoms with Crippen molar-refractivity contribution in [3.8, 4) is 0 Å². The van der Waals surface area contributed by atoms with Crippen LogP contribution in [0.25, 0.3) is 0 Å². The summed E-state index contributed by atoms with van der Waals surface area (Å²) in [6.45, 7) is 0.389. The van der Waals surface area contributed by atoms with Gasteiger partial charge in [-0.3, -0.25) is 9.59 Å². The predicted octanol–water partition coefficient (Wildman–Crippen LogP) is 3.14. The number of amides is 2. The number of rotatable bonds is 6. The van der Waals surface area contributed by atoms with E-state index in [1.54, 1.807) is 24.3 Å². The molecule has 4 nitrogen and oxygen atoms in total. The highest BCUT2D eigenvalue weighted by Crippen LogP contribution is 2.20. The molecule has 116 valence electrons. The lowest BCUT2D eigenvalue weighted by Gasteiger charge is -2.08. The van der Waals surface area contributed by atoms with Gasteiger partial charge in [-0.15, -0.1) is 11.3 Å². The standard InChI is InChI=1S/C15H14Cl2N2O2S/c16-11-4-3-10(12(17)8-11)5-6-18-14(20)9-19-15(21)13-2-1-7-22-13/h1-4,7-8H,5-6,9H2,(H,18,20)(H,19,21). The molecule has 0 bridgehead atoms. The van der Waals surface area contributed by atoms with Crippen molar-refractivity contribution in [1.29, 1.82) is 0 Å². The van der Waals surface area contributed by atoms with Crippen molar-refractivity contribution < 1.29 is 9.59 Å². The second-order valence-electron chi connectivity index (χ2n) is 4.50. The van der Waals surface area contributed by atoms with Gasteiger partial charge in [-0.05, 0) is 35.6 Å². The van der Waals surface area contributed by atoms with E-state index in [1.807, 2.05) is 11.4 Å². The first kappa shape index (κ1) is 16.8. The fraction of sp³-hybridized carbons (Fsp3) is 0.200. The number of carbonyl (C=O) groups excluding carboxylic acids is 2. The quantitative estimate of drug-likeness (QED) is 0.835. The first-order chi connectivity index (χ1) is 10.6. The summed E-state index contributed by atoms with van der Waals surface area (Å²) < 4.78 is 0. The third-order valence-corrected chi connectivity index (χ3v) is 4.34. The lowest BCUT2D eigenvalue weighted by atomic mass is 10.1. The van der Waals surface area contributed by atoms with Crippen molar-refractivity contribution in [3.05, 3.63) is 56.2 Å². The maximum absolute atomic E-state index is 11.7. The monoisotopic (exact) mass is 356 g/mol. The summed E-state index contributed by atoms with van der Waals surface area (Å²) in [7, 11) is 0. The van der Waals surface area contributed by atoms with Crippen molar-refractivity contribution in [2.24, 2.45) is 0 Å². The molecule has 0 radical (unpaired) electrons. The van der Waals surface area contributed by atoms with Crippen LogP contribution in [-0.2, 0) is 11.2 Å². The first-order valence-corrected chi connectivity index (χ1v) is 8.22. The molecule has 2 N–H and O–H groups in total. The summed E-state index contributed by atoms with van der Waals surface area (Å²) in [4.78, 5) is 23.9. The van der Waals surface area contributed by atoms with Crippen LogP contribution in [0.1, 0.15) is 15.2 Å². The number of halogens is 2. The van der Waals surface area contributed by atoms with Crippen molar-refractivity contribution >= 4 is 46.4 Å². The van der Waals surface area contributed by atoms with Crippen LogP contribution >= 0.6 is 34.5 Å². The lowest BCUT2D eigenvalue weighted by molar-refractivity contribution is -0.120. The zero-order valence-corrected chi connectivity index (χ0v) is 13.9. The van der Waals surface area contributed by atoms with Gasteiger partial charge in [0.1, 0.15) is 0 Å². The maximum Gasteiger partial charge on any atom is 0.261 e. The molecule has 2 amide bonds. The molecular formula is C15H14Cl2N2O2S. The van der Waals surface area contributed by atoms with Crippen LogP contribution in [0.5, 0.6) is 0 Å². The Morgan fingerprint density at radius 3 is 2.64 bits per heavy atom. The number of thiophene rings is 1. The zero-order valence-electron chi connectivity index (χ0n) is 11.6. The molecule has 0 saturated heterocycles. The normalized spacial score (nSPS) is 10.3. The van der Waals surface area contributed by atoms with Crippen molar-refractivity contribution in [3.63, 3.8) is 0 Å². The second kappa shape index (κ2) is 8.17. The Morgan fingerprint density at radius 1 is 1.14 bits per heavy atom. The third-order valence-electron chi connectivity index (χ3n) is 2.89. The van der Waals surface area contributed by atoms with Gasteiger partial charge < -0.3 is 10.6 Å². The Morgan fingerprint density at radius 2 is 1.95 bits per heavy atom. The molecule has 1 aromatic heterocycles. The Bertz CT molecular complexity index is 660. The number of benzene rings is 1. The average Bonchev–Trinajstić information content (AvgIpc) is 3.01. The van der Waals surface area contributed by atoms with Crippen molar-refractivity contribution in [1.82, 2.24) is 10.6 Å². The number of hydrogen-bond acceptors (Lipinski definition) is 3. The van der Waals surface area contributed by atoms with Crippen LogP contribution < -0.4 is 10.6 Å². The summed E-state index contributed by atoms with van der Waals surface area (Å²) in [6.07, 6.45) is 0.598. The average molecular weight is 357 g/mol. The SMILES string of the molecule is O=C(CNC(=O)c1cccs1)NCCc1ccc(Cl)cc1Cl. The largest absolute Gasteiger partial charge is 0.354 e. The second-order valence-corrected chi connectivity index (χ2v) is 6.29. The summed E-state index contributed by atoms with van der Waals surface area (Å²) in [6, 6.07) is 8.75. The van der Waals surface area contributed by atoms with E-state index >= 15 is 0 Å². The molecule has 0 saturated carbocycles. The zero-order chi connectivity index (χ0) is 15.9. The van der Waals surface area contributed by atoms with E-state index in [0.29, 0.717) is 27.9 Å². The molecule has 0 aliphatic carbocycles. The maximum atomic E-state index is 11.7. The van der Waals surface area contributed by atoms with Crippen LogP contribution in [0.2, 0.25) is 10.0 Å². The molecule has 1 aromatic carbocycles. The van der Waals surface area contributed by atoms with E-state index in [2.05, 4.69) is 10.6 Å². The van der Waals surface area contributed by atoms with Crippen LogP contribution in [0.3, 0.4) is 0 Å². The Hall–Kier alpha value is -1.56. The highest BCUT2D eigenvalue weighted by molar-refractivity contribution is 7.12. The van der Waals surface area contributed by atoms with E-state index in [4.69, 9.17) is 23.2 Å². The molecule has 0 fully saturated rings. The van der Waals surface area contributed by atoms with Crippen molar-refractivity contribution in [2.45, 2.75) is 6.42 Å². The Kier molecular flexibility index (Phi) is 6.24. The topological polar surface area (TPSA) is 58.2 Å². The van der Waals surface area contributed by atoms with E-state index in [-0.39, 0.29) is 18.4 Å². The first-order valence-electron chi connectivity index (χ1n) is 6.58. The minimum Gasteiger partial charge on any atom is -0.354 e. The molecule has 0 spiro atoms. The molecule has 0 aliphatic rings. The summed E-state index contributed by atoms with van der Waals surface area (Å²) in [5.74, 6) is -0.485. The Labute approximate surface area is 142 Å². The fourth-order valence-electron chi connectivity index (χ4n) is 1.78. The fourth-order valence-corrected chi connectivity index (χ4v) is 2.92. The lowest BCUT2D eigenvalue weighted by Crippen LogP contribution is -2.37. The van der Waals surface area contributed by atoms with Gasteiger partial charge in [0.05, 0.1) is 11.4 Å². The van der Waals surface area contributed by atoms with Gasteiger partial charge >= 0.3 is 0 Å². The van der Waals surface area contributed by atoms with E-state index in [1.165, 1.54) is 11.3 Å². The summed E-state index contributed by atoms with van der Waals surface area (Å²) >= 11 is 13.2. The van der Waals surface area contributed by atoms with Gasteiger partial charge in [0.15, 0.2) is 0 Å². The number of hydrogen-bond donors (Lipinski definition) is 2. The summed E-state index contributed by atoms with van der Waals surface area (Å²) in [5, 5.41) is 8.26.